The van der Waals surface area contributed by atoms with Crippen LogP contribution >= 0.6 is 0 Å². The van der Waals surface area contributed by atoms with E-state index in [2.05, 4.69) is 5.16 Å². The summed E-state index contributed by atoms with van der Waals surface area (Å²) in [5, 5.41) is 4.03. The molecule has 0 bridgehead atoms. The Kier molecular flexibility index (Phi) is 5.74. The molecule has 1 saturated heterocycles. The van der Waals surface area contributed by atoms with Crippen molar-refractivity contribution in [2.24, 2.45) is 16.8 Å². The second-order valence-corrected chi connectivity index (χ2v) is 5.00. The molecule has 0 spiro atoms. The van der Waals surface area contributed by atoms with Crippen LogP contribution in [0.4, 0.5) is 0 Å². The fourth-order valence-electron chi connectivity index (χ4n) is 2.49. The van der Waals surface area contributed by atoms with Gasteiger partial charge in [-0.15, -0.1) is 0 Å². The van der Waals surface area contributed by atoms with Gasteiger partial charge < -0.3 is 20.0 Å². The molecule has 5 nitrogen and oxygen atoms in total. The monoisotopic (exact) mass is 256 g/mol. The van der Waals surface area contributed by atoms with Crippen LogP contribution in [0.25, 0.3) is 0 Å². The predicted octanol–water partition coefficient (Wildman–Crippen LogP) is 2.01. The molecule has 104 valence electrons. The number of amidine groups is 1. The molecule has 0 aromatic carbocycles. The number of hydrogen-bond donors (Lipinski definition) is 1. The van der Waals surface area contributed by atoms with Crippen molar-refractivity contribution >= 4 is 5.84 Å². The summed E-state index contributed by atoms with van der Waals surface area (Å²) in [5.41, 5.74) is 5.97. The molecule has 0 amide bonds. The Labute approximate surface area is 109 Å². The van der Waals surface area contributed by atoms with Crippen LogP contribution in [0, 0.1) is 5.92 Å². The number of oxime groups is 1. The average molecular weight is 256 g/mol. The van der Waals surface area contributed by atoms with Crippen LogP contribution in [0.3, 0.4) is 0 Å². The van der Waals surface area contributed by atoms with Gasteiger partial charge in [-0.25, -0.2) is 0 Å². The fourth-order valence-corrected chi connectivity index (χ4v) is 2.49. The van der Waals surface area contributed by atoms with Crippen molar-refractivity contribution in [1.29, 1.82) is 0 Å². The summed E-state index contributed by atoms with van der Waals surface area (Å²) in [6.45, 7) is 1.86. The van der Waals surface area contributed by atoms with E-state index in [4.69, 9.17) is 20.0 Å². The van der Waals surface area contributed by atoms with Gasteiger partial charge in [-0.2, -0.15) is 0 Å². The van der Waals surface area contributed by atoms with Crippen LogP contribution in [0.15, 0.2) is 5.16 Å². The lowest BCUT2D eigenvalue weighted by molar-refractivity contribution is -0.0616. The van der Waals surface area contributed by atoms with E-state index in [0.717, 1.165) is 12.8 Å². The van der Waals surface area contributed by atoms with Crippen LogP contribution in [-0.4, -0.2) is 31.9 Å². The molecule has 5 heteroatoms. The highest BCUT2D eigenvalue weighted by molar-refractivity contribution is 5.82. The minimum atomic E-state index is -0.126. The minimum absolute atomic E-state index is 0.126. The molecular formula is C13H24N2O3. The highest BCUT2D eigenvalue weighted by Gasteiger charge is 2.17. The van der Waals surface area contributed by atoms with Gasteiger partial charge in [0.1, 0.15) is 12.4 Å². The quantitative estimate of drug-likeness (QED) is 0.269. The third kappa shape index (κ3) is 4.46. The van der Waals surface area contributed by atoms with E-state index in [1.165, 1.54) is 25.7 Å². The lowest BCUT2D eigenvalue weighted by Crippen LogP contribution is -2.24. The number of nitrogens with zero attached hydrogens (tertiary/aromatic N) is 1. The van der Waals surface area contributed by atoms with E-state index < -0.39 is 0 Å². The Morgan fingerprint density at radius 2 is 1.78 bits per heavy atom. The first-order valence-corrected chi connectivity index (χ1v) is 7.05. The van der Waals surface area contributed by atoms with Crippen molar-refractivity contribution in [2.45, 2.75) is 51.2 Å². The molecule has 2 fully saturated rings. The molecule has 18 heavy (non-hydrogen) atoms. The molecule has 1 saturated carbocycles. The largest absolute Gasteiger partial charge is 0.394 e. The average Bonchev–Trinajstić information content (AvgIpc) is 2.74. The minimum Gasteiger partial charge on any atom is -0.394 e. The zero-order chi connectivity index (χ0) is 12.6. The van der Waals surface area contributed by atoms with Gasteiger partial charge in [0.05, 0.1) is 13.2 Å². The van der Waals surface area contributed by atoms with Crippen molar-refractivity contribution in [3.8, 4) is 0 Å². The SMILES string of the molecule is N/C(=N\OCCC1OCCO1)C1CCCCCC1. The number of nitrogens with two attached hydrogens (primary N) is 1. The topological polar surface area (TPSA) is 66.1 Å². The van der Waals surface area contributed by atoms with Gasteiger partial charge in [0.25, 0.3) is 0 Å². The summed E-state index contributed by atoms with van der Waals surface area (Å²) in [4.78, 5) is 5.25. The fraction of sp³-hybridized carbons (Fsp3) is 0.923. The van der Waals surface area contributed by atoms with Gasteiger partial charge >= 0.3 is 0 Å². The second kappa shape index (κ2) is 7.59. The van der Waals surface area contributed by atoms with Crippen molar-refractivity contribution in [3.05, 3.63) is 0 Å². The van der Waals surface area contributed by atoms with Crippen molar-refractivity contribution in [2.75, 3.05) is 19.8 Å². The first kappa shape index (κ1) is 13.6. The van der Waals surface area contributed by atoms with Crippen molar-refractivity contribution < 1.29 is 14.3 Å². The molecule has 2 rings (SSSR count). The molecule has 2 N–H and O–H groups in total. The number of rotatable bonds is 5. The van der Waals surface area contributed by atoms with E-state index in [1.807, 2.05) is 0 Å². The summed E-state index contributed by atoms with van der Waals surface area (Å²) < 4.78 is 10.6. The van der Waals surface area contributed by atoms with Crippen molar-refractivity contribution in [3.63, 3.8) is 0 Å². The van der Waals surface area contributed by atoms with Crippen LogP contribution in [-0.2, 0) is 14.3 Å². The van der Waals surface area contributed by atoms with Gasteiger partial charge in [-0.05, 0) is 12.8 Å². The molecule has 0 aromatic heterocycles. The maximum atomic E-state index is 5.97. The van der Waals surface area contributed by atoms with Crippen LogP contribution in [0.5, 0.6) is 0 Å². The molecule has 0 aromatic rings. The van der Waals surface area contributed by atoms with Crippen molar-refractivity contribution in [1.82, 2.24) is 0 Å². The van der Waals surface area contributed by atoms with E-state index >= 15 is 0 Å². The third-order valence-electron chi connectivity index (χ3n) is 3.58. The molecule has 0 radical (unpaired) electrons. The maximum Gasteiger partial charge on any atom is 0.161 e. The molecule has 2 aliphatic rings. The zero-order valence-corrected chi connectivity index (χ0v) is 11.0. The Bertz CT molecular complexity index is 257. The Morgan fingerprint density at radius 3 is 2.44 bits per heavy atom. The highest BCUT2D eigenvalue weighted by Crippen LogP contribution is 2.22. The smallest absolute Gasteiger partial charge is 0.161 e. The Balaban J connectivity index is 1.64. The molecule has 0 unspecified atom stereocenters. The van der Waals surface area contributed by atoms with Crippen LogP contribution < -0.4 is 5.73 Å². The molecular weight excluding hydrogens is 232 g/mol. The van der Waals surface area contributed by atoms with Gasteiger partial charge in [0.15, 0.2) is 6.29 Å². The first-order chi connectivity index (χ1) is 8.86. The first-order valence-electron chi connectivity index (χ1n) is 7.05. The highest BCUT2D eigenvalue weighted by atomic mass is 16.7. The Morgan fingerprint density at radius 1 is 1.11 bits per heavy atom. The zero-order valence-electron chi connectivity index (χ0n) is 11.0. The van der Waals surface area contributed by atoms with Gasteiger partial charge in [0.2, 0.25) is 0 Å². The van der Waals surface area contributed by atoms with E-state index in [0.29, 0.717) is 38.0 Å². The lowest BCUT2D eigenvalue weighted by atomic mass is 10.00. The molecule has 1 aliphatic carbocycles. The molecule has 1 heterocycles. The standard InChI is InChI=1S/C13H24N2O3/c14-13(11-5-3-1-2-4-6-11)15-18-8-7-12-16-9-10-17-12/h11-12H,1-10H2,(H2,14,15). The Hall–Kier alpha value is -0.810. The summed E-state index contributed by atoms with van der Waals surface area (Å²) in [5.74, 6) is 1.07. The number of hydrogen-bond acceptors (Lipinski definition) is 4. The predicted molar refractivity (Wildman–Crippen MR) is 69.1 cm³/mol. The van der Waals surface area contributed by atoms with Crippen LogP contribution in [0.2, 0.25) is 0 Å². The third-order valence-corrected chi connectivity index (χ3v) is 3.58. The van der Waals surface area contributed by atoms with Gasteiger partial charge in [0, 0.05) is 12.3 Å². The summed E-state index contributed by atoms with van der Waals surface area (Å²) in [6, 6.07) is 0. The summed E-state index contributed by atoms with van der Waals surface area (Å²) in [6.07, 6.45) is 8.03. The lowest BCUT2D eigenvalue weighted by Gasteiger charge is -2.13. The molecule has 0 atom stereocenters. The summed E-state index contributed by atoms with van der Waals surface area (Å²) >= 11 is 0. The van der Waals surface area contributed by atoms with E-state index in [9.17, 15) is 0 Å². The van der Waals surface area contributed by atoms with Gasteiger partial charge in [-0.1, -0.05) is 30.8 Å². The van der Waals surface area contributed by atoms with E-state index in [-0.39, 0.29) is 6.29 Å². The maximum absolute atomic E-state index is 5.97. The van der Waals surface area contributed by atoms with E-state index in [1.54, 1.807) is 0 Å². The number of ether oxygens (including phenoxy) is 2. The normalized spacial score (nSPS) is 24.1. The van der Waals surface area contributed by atoms with Crippen LogP contribution in [0.1, 0.15) is 44.9 Å². The summed E-state index contributed by atoms with van der Waals surface area (Å²) in [7, 11) is 0. The second-order valence-electron chi connectivity index (χ2n) is 5.00. The van der Waals surface area contributed by atoms with Gasteiger partial charge in [-0.3, -0.25) is 0 Å². The molecule has 1 aliphatic heterocycles.